The van der Waals surface area contributed by atoms with Gasteiger partial charge >= 0.3 is 0 Å². The van der Waals surface area contributed by atoms with E-state index in [9.17, 15) is 0 Å². The molecule has 3 unspecified atom stereocenters. The van der Waals surface area contributed by atoms with Crippen LogP contribution in [0.4, 0.5) is 0 Å². The average molecular weight is 204 g/mol. The van der Waals surface area contributed by atoms with Gasteiger partial charge in [-0.25, -0.2) is 0 Å². The molecule has 3 atom stereocenters. The molecule has 1 rings (SSSR count). The summed E-state index contributed by atoms with van der Waals surface area (Å²) in [4.78, 5) is 0. The second kappa shape index (κ2) is 5.43. The zero-order valence-corrected chi connectivity index (χ0v) is 9.66. The van der Waals surface area contributed by atoms with Crippen molar-refractivity contribution in [3.05, 3.63) is 0 Å². The van der Waals surface area contributed by atoms with Crippen LogP contribution in [-0.4, -0.2) is 10.5 Å². The van der Waals surface area contributed by atoms with Crippen LogP contribution in [-0.2, 0) is 0 Å². The largest absolute Gasteiger partial charge is 0.175 e. The van der Waals surface area contributed by atoms with Crippen LogP contribution in [0.15, 0.2) is 0 Å². The van der Waals surface area contributed by atoms with Crippen LogP contribution in [0.2, 0.25) is 0 Å². The van der Waals surface area contributed by atoms with Gasteiger partial charge in [-0.05, 0) is 25.2 Å². The lowest BCUT2D eigenvalue weighted by Crippen LogP contribution is -2.29. The third-order valence-corrected chi connectivity index (χ3v) is 4.48. The highest BCUT2D eigenvalue weighted by atomic mass is 32.1. The first-order chi connectivity index (χ1) is 5.75. The maximum Gasteiger partial charge on any atom is 0.0162 e. The van der Waals surface area contributed by atoms with Crippen LogP contribution in [0.1, 0.15) is 45.4 Å². The van der Waals surface area contributed by atoms with Crippen LogP contribution in [0.3, 0.4) is 0 Å². The first-order valence-corrected chi connectivity index (χ1v) is 6.15. The van der Waals surface area contributed by atoms with Crippen molar-refractivity contribution in [3.8, 4) is 0 Å². The molecule has 72 valence electrons. The van der Waals surface area contributed by atoms with E-state index in [1.54, 1.807) is 0 Å². The number of thiol groups is 2. The van der Waals surface area contributed by atoms with E-state index < -0.39 is 0 Å². The van der Waals surface area contributed by atoms with Gasteiger partial charge < -0.3 is 0 Å². The molecule has 1 fully saturated rings. The lowest BCUT2D eigenvalue weighted by Gasteiger charge is -2.32. The summed E-state index contributed by atoms with van der Waals surface area (Å²) in [5.41, 5.74) is 0. The van der Waals surface area contributed by atoms with Crippen LogP contribution in [0.5, 0.6) is 0 Å². The van der Waals surface area contributed by atoms with E-state index >= 15 is 0 Å². The van der Waals surface area contributed by atoms with Gasteiger partial charge in [-0.3, -0.25) is 0 Å². The van der Waals surface area contributed by atoms with E-state index in [0.29, 0.717) is 10.5 Å². The van der Waals surface area contributed by atoms with Crippen molar-refractivity contribution in [2.24, 2.45) is 5.92 Å². The smallest absolute Gasteiger partial charge is 0.0162 e. The van der Waals surface area contributed by atoms with Crippen molar-refractivity contribution in [1.29, 1.82) is 0 Å². The monoisotopic (exact) mass is 204 g/mol. The Hall–Kier alpha value is 0.700. The molecule has 0 spiro atoms. The van der Waals surface area contributed by atoms with Crippen LogP contribution in [0, 0.1) is 5.92 Å². The minimum Gasteiger partial charge on any atom is -0.175 e. The predicted molar refractivity (Wildman–Crippen MR) is 62.4 cm³/mol. The van der Waals surface area contributed by atoms with Crippen molar-refractivity contribution in [2.75, 3.05) is 0 Å². The van der Waals surface area contributed by atoms with Crippen molar-refractivity contribution in [3.63, 3.8) is 0 Å². The standard InChI is InChI=1S/C10H20S2/c1-2-3-5-8-6-4-7-9(11)10(8)12/h8-12H,2-7H2,1H3. The second-order valence-corrected chi connectivity index (χ2v) is 5.15. The van der Waals surface area contributed by atoms with Gasteiger partial charge in [0.15, 0.2) is 0 Å². The van der Waals surface area contributed by atoms with Crippen molar-refractivity contribution >= 4 is 25.3 Å². The molecule has 2 heteroatoms. The van der Waals surface area contributed by atoms with Crippen LogP contribution < -0.4 is 0 Å². The van der Waals surface area contributed by atoms with Gasteiger partial charge in [-0.15, -0.1) is 0 Å². The zero-order valence-electron chi connectivity index (χ0n) is 7.87. The fraction of sp³-hybridized carbons (Fsp3) is 1.00. The Balaban J connectivity index is 2.30. The molecular weight excluding hydrogens is 184 g/mol. The summed E-state index contributed by atoms with van der Waals surface area (Å²) in [7, 11) is 0. The highest BCUT2D eigenvalue weighted by Crippen LogP contribution is 2.34. The Morgan fingerprint density at radius 1 is 1.25 bits per heavy atom. The molecule has 0 radical (unpaired) electrons. The SMILES string of the molecule is CCCCC1CCCC(S)C1S. The van der Waals surface area contributed by atoms with Crippen LogP contribution in [0.25, 0.3) is 0 Å². The Bertz CT molecular complexity index is 125. The number of hydrogen-bond donors (Lipinski definition) is 2. The van der Waals surface area contributed by atoms with Gasteiger partial charge in [0, 0.05) is 10.5 Å². The molecule has 1 aliphatic carbocycles. The third-order valence-electron chi connectivity index (χ3n) is 2.88. The normalized spacial score (nSPS) is 36.8. The minimum atomic E-state index is 0.545. The first kappa shape index (κ1) is 10.8. The molecule has 0 aromatic carbocycles. The molecule has 0 nitrogen and oxygen atoms in total. The number of hydrogen-bond acceptors (Lipinski definition) is 2. The summed E-state index contributed by atoms with van der Waals surface area (Å²) in [5, 5.41) is 1.09. The van der Waals surface area contributed by atoms with Crippen molar-refractivity contribution < 1.29 is 0 Å². The third kappa shape index (κ3) is 2.88. The molecule has 0 N–H and O–H groups in total. The molecule has 1 aliphatic rings. The van der Waals surface area contributed by atoms with E-state index in [0.717, 1.165) is 5.92 Å². The lowest BCUT2D eigenvalue weighted by atomic mass is 9.85. The van der Waals surface area contributed by atoms with Gasteiger partial charge in [-0.1, -0.05) is 26.2 Å². The van der Waals surface area contributed by atoms with Gasteiger partial charge in [0.2, 0.25) is 0 Å². The Labute approximate surface area is 87.3 Å². The summed E-state index contributed by atoms with van der Waals surface area (Å²) in [6, 6.07) is 0. The Morgan fingerprint density at radius 2 is 2.00 bits per heavy atom. The van der Waals surface area contributed by atoms with Crippen molar-refractivity contribution in [1.82, 2.24) is 0 Å². The molecule has 1 saturated carbocycles. The Morgan fingerprint density at radius 3 is 2.67 bits per heavy atom. The number of rotatable bonds is 3. The summed E-state index contributed by atoms with van der Waals surface area (Å²) in [6.45, 7) is 2.26. The molecule has 12 heavy (non-hydrogen) atoms. The highest BCUT2D eigenvalue weighted by molar-refractivity contribution is 7.85. The highest BCUT2D eigenvalue weighted by Gasteiger charge is 2.27. The van der Waals surface area contributed by atoms with Gasteiger partial charge in [0.05, 0.1) is 0 Å². The molecule has 0 aromatic heterocycles. The topological polar surface area (TPSA) is 0 Å². The fourth-order valence-corrected chi connectivity index (χ4v) is 2.90. The van der Waals surface area contributed by atoms with E-state index in [4.69, 9.17) is 0 Å². The summed E-state index contributed by atoms with van der Waals surface area (Å²) in [6.07, 6.45) is 8.04. The fourth-order valence-electron chi connectivity index (χ4n) is 2.03. The lowest BCUT2D eigenvalue weighted by molar-refractivity contribution is 0.351. The quantitative estimate of drug-likeness (QED) is 0.645. The average Bonchev–Trinajstić information content (AvgIpc) is 2.08. The Kier molecular flexibility index (Phi) is 4.88. The summed E-state index contributed by atoms with van der Waals surface area (Å²) >= 11 is 9.21. The molecule has 0 bridgehead atoms. The molecular formula is C10H20S2. The second-order valence-electron chi connectivity index (χ2n) is 3.89. The van der Waals surface area contributed by atoms with Crippen molar-refractivity contribution in [2.45, 2.75) is 55.9 Å². The minimum absolute atomic E-state index is 0.545. The van der Waals surface area contributed by atoms with Gasteiger partial charge in [0.25, 0.3) is 0 Å². The molecule has 0 saturated heterocycles. The predicted octanol–water partition coefficient (Wildman–Crippen LogP) is 3.57. The zero-order chi connectivity index (χ0) is 8.97. The van der Waals surface area contributed by atoms with E-state index in [-0.39, 0.29) is 0 Å². The number of unbranched alkanes of at least 4 members (excludes halogenated alkanes) is 1. The van der Waals surface area contributed by atoms with E-state index in [1.807, 2.05) is 0 Å². The summed E-state index contributed by atoms with van der Waals surface area (Å²) in [5.74, 6) is 0.838. The van der Waals surface area contributed by atoms with Gasteiger partial charge in [-0.2, -0.15) is 25.3 Å². The molecule has 0 aromatic rings. The summed E-state index contributed by atoms with van der Waals surface area (Å²) < 4.78 is 0. The first-order valence-electron chi connectivity index (χ1n) is 5.11. The van der Waals surface area contributed by atoms with Crippen LogP contribution >= 0.6 is 25.3 Å². The molecule has 0 heterocycles. The van der Waals surface area contributed by atoms with Gasteiger partial charge in [0.1, 0.15) is 0 Å². The van der Waals surface area contributed by atoms with E-state index in [1.165, 1.54) is 38.5 Å². The van der Waals surface area contributed by atoms with E-state index in [2.05, 4.69) is 32.2 Å². The maximum atomic E-state index is 4.65. The maximum absolute atomic E-state index is 4.65. The molecule has 0 amide bonds. The molecule has 0 aliphatic heterocycles.